The topological polar surface area (TPSA) is 27.7 Å². The summed E-state index contributed by atoms with van der Waals surface area (Å²) in [7, 11) is 3.21. The SMILES string of the molecule is C=CC(OC)[SiH](OC)OC. The van der Waals surface area contributed by atoms with Crippen molar-refractivity contribution in [1.82, 2.24) is 0 Å². The fourth-order valence-electron chi connectivity index (χ4n) is 0.683. The Morgan fingerprint density at radius 2 is 1.80 bits per heavy atom. The monoisotopic (exact) mass is 162 g/mol. The smallest absolute Gasteiger partial charge is 0.354 e. The standard InChI is InChI=1S/C6H14O3Si/c1-5-6(7-2)10(8-3)9-4/h5-6,10H,1H2,2-4H3. The highest BCUT2D eigenvalue weighted by molar-refractivity contribution is 6.46. The van der Waals surface area contributed by atoms with Gasteiger partial charge in [0.25, 0.3) is 0 Å². The van der Waals surface area contributed by atoms with Crippen molar-refractivity contribution in [3.8, 4) is 0 Å². The van der Waals surface area contributed by atoms with Gasteiger partial charge in [-0.15, -0.1) is 6.58 Å². The first-order valence-corrected chi connectivity index (χ1v) is 4.62. The van der Waals surface area contributed by atoms with Crippen LogP contribution in [0.2, 0.25) is 0 Å². The number of hydrogen-bond donors (Lipinski definition) is 0. The van der Waals surface area contributed by atoms with Gasteiger partial charge >= 0.3 is 9.28 Å². The minimum atomic E-state index is -1.65. The van der Waals surface area contributed by atoms with Crippen molar-refractivity contribution in [2.24, 2.45) is 0 Å². The molecule has 0 heterocycles. The van der Waals surface area contributed by atoms with Crippen LogP contribution in [0.4, 0.5) is 0 Å². The van der Waals surface area contributed by atoms with Crippen LogP contribution in [0, 0.1) is 0 Å². The minimum absolute atomic E-state index is 0.0602. The number of rotatable bonds is 5. The predicted molar refractivity (Wildman–Crippen MR) is 42.2 cm³/mol. The van der Waals surface area contributed by atoms with Gasteiger partial charge in [0.15, 0.2) is 0 Å². The van der Waals surface area contributed by atoms with Gasteiger partial charge in [-0.25, -0.2) is 0 Å². The molecular weight excluding hydrogens is 148 g/mol. The highest BCUT2D eigenvalue weighted by Crippen LogP contribution is 1.98. The molecule has 0 rings (SSSR count). The molecule has 0 radical (unpaired) electrons. The fourth-order valence-corrected chi connectivity index (χ4v) is 1.86. The van der Waals surface area contributed by atoms with Gasteiger partial charge in [0, 0.05) is 21.3 Å². The molecular formula is C6H14O3Si. The summed E-state index contributed by atoms with van der Waals surface area (Å²) in [5.74, 6) is 0. The maximum atomic E-state index is 5.06. The van der Waals surface area contributed by atoms with Crippen LogP contribution in [0.15, 0.2) is 12.7 Å². The zero-order chi connectivity index (χ0) is 7.98. The lowest BCUT2D eigenvalue weighted by Gasteiger charge is -2.17. The van der Waals surface area contributed by atoms with Crippen LogP contribution < -0.4 is 0 Å². The summed E-state index contributed by atoms with van der Waals surface area (Å²) in [6.07, 6.45) is 1.70. The molecule has 3 nitrogen and oxygen atoms in total. The Morgan fingerprint density at radius 1 is 1.30 bits per heavy atom. The number of methoxy groups -OCH3 is 1. The Balaban J connectivity index is 3.81. The maximum absolute atomic E-state index is 5.06. The molecule has 0 aromatic carbocycles. The lowest BCUT2D eigenvalue weighted by Crippen LogP contribution is -2.35. The van der Waals surface area contributed by atoms with Crippen molar-refractivity contribution in [3.63, 3.8) is 0 Å². The Morgan fingerprint density at radius 3 is 1.90 bits per heavy atom. The first-order valence-electron chi connectivity index (χ1n) is 3.01. The lowest BCUT2D eigenvalue weighted by molar-refractivity contribution is 0.143. The summed E-state index contributed by atoms with van der Waals surface area (Å²) in [5.41, 5.74) is -0.0602. The first-order chi connectivity index (χ1) is 4.79. The van der Waals surface area contributed by atoms with Crippen molar-refractivity contribution in [2.45, 2.75) is 5.73 Å². The molecule has 0 saturated heterocycles. The van der Waals surface area contributed by atoms with E-state index < -0.39 is 9.28 Å². The molecule has 0 spiro atoms. The molecule has 60 valence electrons. The van der Waals surface area contributed by atoms with E-state index >= 15 is 0 Å². The third kappa shape index (κ3) is 2.61. The van der Waals surface area contributed by atoms with Crippen molar-refractivity contribution < 1.29 is 13.6 Å². The molecule has 0 aliphatic heterocycles. The summed E-state index contributed by atoms with van der Waals surface area (Å²) in [6.45, 7) is 3.60. The molecule has 0 amide bonds. The summed E-state index contributed by atoms with van der Waals surface area (Å²) >= 11 is 0. The summed E-state index contributed by atoms with van der Waals surface area (Å²) in [4.78, 5) is 0. The second-order valence-corrected chi connectivity index (χ2v) is 4.11. The van der Waals surface area contributed by atoms with Crippen molar-refractivity contribution in [2.75, 3.05) is 21.3 Å². The molecule has 0 aromatic rings. The van der Waals surface area contributed by atoms with Crippen LogP contribution in [-0.2, 0) is 13.6 Å². The van der Waals surface area contributed by atoms with Crippen LogP contribution in [0.5, 0.6) is 0 Å². The van der Waals surface area contributed by atoms with Gasteiger partial charge in [-0.3, -0.25) is 0 Å². The van der Waals surface area contributed by atoms with Gasteiger partial charge in [-0.2, -0.15) is 0 Å². The number of hydrogen-bond acceptors (Lipinski definition) is 3. The highest BCUT2D eigenvalue weighted by atomic mass is 28.3. The largest absolute Gasteiger partial charge is 0.398 e. The molecule has 1 unspecified atom stereocenters. The van der Waals surface area contributed by atoms with Crippen LogP contribution >= 0.6 is 0 Å². The van der Waals surface area contributed by atoms with E-state index in [4.69, 9.17) is 13.6 Å². The van der Waals surface area contributed by atoms with Crippen LogP contribution in [0.1, 0.15) is 0 Å². The van der Waals surface area contributed by atoms with Crippen LogP contribution in [-0.4, -0.2) is 36.3 Å². The average Bonchev–Trinajstić information content (AvgIpc) is 2.00. The van der Waals surface area contributed by atoms with E-state index in [1.807, 2.05) is 0 Å². The van der Waals surface area contributed by atoms with E-state index in [1.54, 1.807) is 27.4 Å². The second kappa shape index (κ2) is 5.61. The van der Waals surface area contributed by atoms with E-state index in [-0.39, 0.29) is 5.73 Å². The van der Waals surface area contributed by atoms with Gasteiger partial charge in [0.2, 0.25) is 0 Å². The molecule has 0 aromatic heterocycles. The van der Waals surface area contributed by atoms with Gasteiger partial charge in [0.05, 0.1) is 0 Å². The third-order valence-electron chi connectivity index (χ3n) is 1.24. The second-order valence-electron chi connectivity index (χ2n) is 1.78. The summed E-state index contributed by atoms with van der Waals surface area (Å²) in [6, 6.07) is 0. The van der Waals surface area contributed by atoms with E-state index in [0.29, 0.717) is 0 Å². The molecule has 10 heavy (non-hydrogen) atoms. The van der Waals surface area contributed by atoms with E-state index in [0.717, 1.165) is 0 Å². The Bertz CT molecular complexity index is 93.0. The average molecular weight is 162 g/mol. The first kappa shape index (κ1) is 9.84. The van der Waals surface area contributed by atoms with E-state index in [1.165, 1.54) is 0 Å². The Kier molecular flexibility index (Phi) is 5.52. The normalized spacial score (nSPS) is 13.6. The molecule has 0 saturated carbocycles. The third-order valence-corrected chi connectivity index (χ3v) is 3.25. The highest BCUT2D eigenvalue weighted by Gasteiger charge is 2.20. The zero-order valence-corrected chi connectivity index (χ0v) is 7.82. The van der Waals surface area contributed by atoms with Gasteiger partial charge < -0.3 is 13.6 Å². The molecule has 4 heteroatoms. The predicted octanol–water partition coefficient (Wildman–Crippen LogP) is 0.240. The molecule has 0 N–H and O–H groups in total. The zero-order valence-electron chi connectivity index (χ0n) is 6.66. The van der Waals surface area contributed by atoms with E-state index in [2.05, 4.69) is 6.58 Å². The molecule has 1 atom stereocenters. The van der Waals surface area contributed by atoms with E-state index in [9.17, 15) is 0 Å². The molecule has 0 aliphatic carbocycles. The Labute approximate surface area is 63.4 Å². The Hall–Kier alpha value is -0.163. The van der Waals surface area contributed by atoms with Crippen molar-refractivity contribution in [3.05, 3.63) is 12.7 Å². The quantitative estimate of drug-likeness (QED) is 0.428. The van der Waals surface area contributed by atoms with Gasteiger partial charge in [-0.05, 0) is 0 Å². The fraction of sp³-hybridized carbons (Fsp3) is 0.667. The summed E-state index contributed by atoms with van der Waals surface area (Å²) in [5, 5.41) is 0. The van der Waals surface area contributed by atoms with Crippen LogP contribution in [0.25, 0.3) is 0 Å². The number of ether oxygens (including phenoxy) is 1. The summed E-state index contributed by atoms with van der Waals surface area (Å²) < 4.78 is 15.2. The molecule has 0 bridgehead atoms. The van der Waals surface area contributed by atoms with Crippen molar-refractivity contribution in [1.29, 1.82) is 0 Å². The molecule has 0 fully saturated rings. The van der Waals surface area contributed by atoms with Gasteiger partial charge in [0.1, 0.15) is 5.73 Å². The lowest BCUT2D eigenvalue weighted by atomic mass is 10.7. The molecule has 0 aliphatic rings. The minimum Gasteiger partial charge on any atom is -0.398 e. The van der Waals surface area contributed by atoms with Crippen LogP contribution in [0.3, 0.4) is 0 Å². The van der Waals surface area contributed by atoms with Gasteiger partial charge in [-0.1, -0.05) is 6.08 Å². The van der Waals surface area contributed by atoms with Crippen molar-refractivity contribution >= 4 is 9.28 Å². The maximum Gasteiger partial charge on any atom is 0.354 e.